The molecule has 3 rings (SSSR count). The monoisotopic (exact) mass is 283 g/mol. The number of hydrogen-bond donors (Lipinski definition) is 2. The van der Waals surface area contributed by atoms with E-state index in [-0.39, 0.29) is 12.1 Å². The summed E-state index contributed by atoms with van der Waals surface area (Å²) in [6.07, 6.45) is 5.94. The van der Waals surface area contributed by atoms with E-state index in [4.69, 9.17) is 5.11 Å². The number of hydrogen-bond acceptors (Lipinski definition) is 3. The van der Waals surface area contributed by atoms with Gasteiger partial charge in [-0.25, -0.2) is 4.79 Å². The third kappa shape index (κ3) is 2.12. The predicted octanol–water partition coefficient (Wildman–Crippen LogP) is 2.27. The number of anilines is 1. The first-order chi connectivity index (χ1) is 10.1. The zero-order valence-electron chi connectivity index (χ0n) is 11.1. The average Bonchev–Trinajstić information content (AvgIpc) is 2.46. The maximum atomic E-state index is 11.7. The fourth-order valence-corrected chi connectivity index (χ4v) is 2.80. The summed E-state index contributed by atoms with van der Waals surface area (Å²) in [5.74, 6) is -1.95. The van der Waals surface area contributed by atoms with E-state index in [0.717, 1.165) is 0 Å². The summed E-state index contributed by atoms with van der Waals surface area (Å²) < 4.78 is 0. The first-order valence-corrected chi connectivity index (χ1v) is 6.52. The highest BCUT2D eigenvalue weighted by atomic mass is 16.4. The lowest BCUT2D eigenvalue weighted by atomic mass is 9.87. The van der Waals surface area contributed by atoms with E-state index < -0.39 is 11.9 Å². The Kier molecular flexibility index (Phi) is 3.10. The summed E-state index contributed by atoms with van der Waals surface area (Å²) in [5.41, 5.74) is 2.74. The van der Waals surface area contributed by atoms with Crippen LogP contribution < -0.4 is 4.90 Å². The second kappa shape index (κ2) is 4.94. The van der Waals surface area contributed by atoms with Crippen LogP contribution in [0.2, 0.25) is 0 Å². The molecule has 0 radical (unpaired) electrons. The maximum absolute atomic E-state index is 11.7. The Balaban J connectivity index is 2.27. The first kappa shape index (κ1) is 13.2. The maximum Gasteiger partial charge on any atom is 0.336 e. The van der Waals surface area contributed by atoms with Gasteiger partial charge in [0.2, 0.25) is 0 Å². The lowest BCUT2D eigenvalue weighted by Gasteiger charge is -2.35. The minimum absolute atomic E-state index is 0.201. The van der Waals surface area contributed by atoms with Crippen LogP contribution in [0.1, 0.15) is 12.0 Å². The normalized spacial score (nSPS) is 16.2. The van der Waals surface area contributed by atoms with Crippen LogP contribution in [0.4, 0.5) is 5.69 Å². The van der Waals surface area contributed by atoms with E-state index in [9.17, 15) is 14.7 Å². The van der Waals surface area contributed by atoms with Crippen molar-refractivity contribution >= 4 is 23.2 Å². The molecule has 0 amide bonds. The second-order valence-corrected chi connectivity index (χ2v) is 4.84. The number of benzene rings is 1. The molecule has 1 aromatic rings. The number of carboxylic acid groups (broad SMARTS) is 2. The number of para-hydroxylation sites is 1. The minimum Gasteiger partial charge on any atom is -0.480 e. The molecule has 2 aliphatic rings. The van der Waals surface area contributed by atoms with Crippen molar-refractivity contribution in [3.8, 4) is 0 Å². The van der Waals surface area contributed by atoms with Crippen molar-refractivity contribution in [3.05, 3.63) is 59.3 Å². The Morgan fingerprint density at radius 2 is 1.95 bits per heavy atom. The molecule has 5 nitrogen and oxygen atoms in total. The first-order valence-electron chi connectivity index (χ1n) is 6.52. The van der Waals surface area contributed by atoms with Gasteiger partial charge < -0.3 is 15.1 Å². The lowest BCUT2D eigenvalue weighted by Crippen LogP contribution is -2.34. The Labute approximate surface area is 121 Å². The van der Waals surface area contributed by atoms with E-state index >= 15 is 0 Å². The molecular formula is C16H13NO4. The highest BCUT2D eigenvalue weighted by Crippen LogP contribution is 2.42. The van der Waals surface area contributed by atoms with E-state index in [1.165, 1.54) is 0 Å². The molecule has 0 atom stereocenters. The van der Waals surface area contributed by atoms with E-state index in [2.05, 4.69) is 0 Å². The molecule has 2 N–H and O–H groups in total. The zero-order chi connectivity index (χ0) is 15.0. The number of nitrogens with zero attached hydrogens (tertiary/aromatic N) is 1. The van der Waals surface area contributed by atoms with Gasteiger partial charge in [-0.2, -0.15) is 0 Å². The van der Waals surface area contributed by atoms with Crippen molar-refractivity contribution in [2.75, 3.05) is 11.4 Å². The number of allylic oxidation sites excluding steroid dienone is 4. The Bertz CT molecular complexity index is 728. The number of carboxylic acids is 2. The van der Waals surface area contributed by atoms with Crippen LogP contribution in [0.3, 0.4) is 0 Å². The molecule has 0 aromatic heterocycles. The second-order valence-electron chi connectivity index (χ2n) is 4.84. The van der Waals surface area contributed by atoms with Gasteiger partial charge in [0, 0.05) is 16.9 Å². The molecule has 106 valence electrons. The number of carbonyl (C=O) groups is 2. The molecule has 1 aliphatic carbocycles. The summed E-state index contributed by atoms with van der Waals surface area (Å²) in [4.78, 5) is 24.5. The van der Waals surface area contributed by atoms with Crippen molar-refractivity contribution in [2.24, 2.45) is 0 Å². The minimum atomic E-state index is -0.992. The van der Waals surface area contributed by atoms with Crippen molar-refractivity contribution in [1.82, 2.24) is 0 Å². The Morgan fingerprint density at radius 1 is 1.19 bits per heavy atom. The van der Waals surface area contributed by atoms with Crippen molar-refractivity contribution in [2.45, 2.75) is 6.42 Å². The third-order valence-corrected chi connectivity index (χ3v) is 3.59. The fourth-order valence-electron chi connectivity index (χ4n) is 2.80. The van der Waals surface area contributed by atoms with Crippen molar-refractivity contribution in [1.29, 1.82) is 0 Å². The number of rotatable bonds is 3. The van der Waals surface area contributed by atoms with Crippen molar-refractivity contribution < 1.29 is 19.8 Å². The predicted molar refractivity (Wildman–Crippen MR) is 77.8 cm³/mol. The van der Waals surface area contributed by atoms with Crippen molar-refractivity contribution in [3.63, 3.8) is 0 Å². The van der Waals surface area contributed by atoms with Gasteiger partial charge >= 0.3 is 11.9 Å². The molecule has 0 fully saturated rings. The van der Waals surface area contributed by atoms with Gasteiger partial charge in [0.15, 0.2) is 0 Å². The van der Waals surface area contributed by atoms with Crippen LogP contribution in [-0.4, -0.2) is 28.7 Å². The molecule has 21 heavy (non-hydrogen) atoms. The summed E-state index contributed by atoms with van der Waals surface area (Å²) in [6, 6.07) is 7.00. The summed E-state index contributed by atoms with van der Waals surface area (Å²) in [5, 5.41) is 18.7. The van der Waals surface area contributed by atoms with Gasteiger partial charge in [0.05, 0.1) is 5.57 Å². The molecule has 5 heteroatoms. The summed E-state index contributed by atoms with van der Waals surface area (Å²) in [7, 11) is 0. The van der Waals surface area contributed by atoms with Crippen LogP contribution in [0, 0.1) is 0 Å². The van der Waals surface area contributed by atoms with Gasteiger partial charge in [0.25, 0.3) is 0 Å². The molecule has 0 spiro atoms. The summed E-state index contributed by atoms with van der Waals surface area (Å²) >= 11 is 0. The Hall–Kier alpha value is -2.82. The molecule has 1 aromatic carbocycles. The Morgan fingerprint density at radius 3 is 2.67 bits per heavy atom. The molecule has 0 bridgehead atoms. The molecule has 1 heterocycles. The van der Waals surface area contributed by atoms with E-state index in [1.54, 1.807) is 35.2 Å². The quantitative estimate of drug-likeness (QED) is 0.889. The fraction of sp³-hybridized carbons (Fsp3) is 0.125. The van der Waals surface area contributed by atoms with E-state index in [0.29, 0.717) is 28.9 Å². The zero-order valence-corrected chi connectivity index (χ0v) is 11.1. The van der Waals surface area contributed by atoms with Crippen LogP contribution in [0.5, 0.6) is 0 Å². The lowest BCUT2D eigenvalue weighted by molar-refractivity contribution is -0.135. The van der Waals surface area contributed by atoms with Crippen LogP contribution in [0.15, 0.2) is 53.8 Å². The molecule has 0 saturated carbocycles. The molecule has 1 aliphatic heterocycles. The van der Waals surface area contributed by atoms with Crippen LogP contribution >= 0.6 is 0 Å². The number of fused-ring (bicyclic) bond motifs is 2. The van der Waals surface area contributed by atoms with Gasteiger partial charge in [-0.3, -0.25) is 4.79 Å². The number of aliphatic carboxylic acids is 2. The average molecular weight is 283 g/mol. The highest BCUT2D eigenvalue weighted by molar-refractivity contribution is 6.20. The topological polar surface area (TPSA) is 77.8 Å². The highest BCUT2D eigenvalue weighted by Gasteiger charge is 2.32. The van der Waals surface area contributed by atoms with Gasteiger partial charge in [0.1, 0.15) is 6.54 Å². The third-order valence-electron chi connectivity index (χ3n) is 3.59. The van der Waals surface area contributed by atoms with E-state index in [1.807, 2.05) is 12.2 Å². The van der Waals surface area contributed by atoms with Gasteiger partial charge in [-0.1, -0.05) is 30.4 Å². The largest absolute Gasteiger partial charge is 0.480 e. The molecule has 0 unspecified atom stereocenters. The van der Waals surface area contributed by atoms with Crippen LogP contribution in [-0.2, 0) is 9.59 Å². The SMILES string of the molecule is O=C(O)CN1C2=CC=CCC2=C(C(=O)O)c2ccccc21. The molecular weight excluding hydrogens is 270 g/mol. The smallest absolute Gasteiger partial charge is 0.336 e. The summed E-state index contributed by atoms with van der Waals surface area (Å²) in [6.45, 7) is -0.201. The molecule has 0 saturated heterocycles. The van der Waals surface area contributed by atoms with Gasteiger partial charge in [-0.15, -0.1) is 0 Å². The standard InChI is InChI=1S/C16H13NO4/c18-14(19)9-17-12-7-3-1-5-10(12)15(16(20)21)11-6-2-4-8-13(11)17/h1-5,7-8H,6,9H2,(H,18,19)(H,20,21). The van der Waals surface area contributed by atoms with Crippen LogP contribution in [0.25, 0.3) is 5.57 Å². The van der Waals surface area contributed by atoms with Gasteiger partial charge in [-0.05, 0) is 24.1 Å².